The smallest absolute Gasteiger partial charge is 0.336 e. The first kappa shape index (κ1) is 31.9. The maximum Gasteiger partial charge on any atom is 0.336 e. The Morgan fingerprint density at radius 2 is 1.46 bits per heavy atom. The highest BCUT2D eigenvalue weighted by molar-refractivity contribution is 6.02. The summed E-state index contributed by atoms with van der Waals surface area (Å²) in [4.78, 5) is 12.1. The largest absolute Gasteiger partial charge is 0.504 e. The topological polar surface area (TPSA) is 107 Å². The molecule has 0 aromatic heterocycles. The van der Waals surface area contributed by atoms with Gasteiger partial charge in [-0.2, -0.15) is 0 Å². The summed E-state index contributed by atoms with van der Waals surface area (Å²) in [5.41, 5.74) is 7.09. The molecule has 0 spiro atoms. The monoisotopic (exact) mass is 562 g/mol. The molecular weight excluding hydrogens is 516 g/mol. The molecule has 4 N–H and O–H groups in total. The van der Waals surface area contributed by atoms with Crippen LogP contribution in [0.5, 0.6) is 23.0 Å². The number of hydrogen-bond acceptors (Lipinski definition) is 5. The highest BCUT2D eigenvalue weighted by Gasteiger charge is 2.30. The quantitative estimate of drug-likeness (QED) is 0.161. The van der Waals surface area contributed by atoms with Crippen LogP contribution in [0.25, 0.3) is 11.1 Å². The van der Waals surface area contributed by atoms with Gasteiger partial charge in [-0.1, -0.05) is 34.9 Å². The Morgan fingerprint density at radius 1 is 0.854 bits per heavy atom. The molecule has 3 rings (SSSR count). The van der Waals surface area contributed by atoms with E-state index in [1.165, 1.54) is 23.6 Å². The van der Waals surface area contributed by atoms with Gasteiger partial charge < -0.3 is 25.2 Å². The standard InChI is InChI=1S/C35H46O6/c1-20(2)11-8-12-21(3)13-9-14-22(4)15-10-16-27-18-17-26-19-28(23(5)24(6)34(26)41-27)30-29(35(39)40)25(7)31(36)33(38)32(30)37/h11,13,15,19,27,36-38H,8-10,12,14,16-18H2,1-7H3,(H,39,40). The number of hydrogen-bond donors (Lipinski definition) is 4. The van der Waals surface area contributed by atoms with Crippen LogP contribution in [-0.4, -0.2) is 32.5 Å². The lowest BCUT2D eigenvalue weighted by atomic mass is 9.86. The Hall–Kier alpha value is -3.67. The number of phenolic OH excluding ortho intramolecular Hbond substituents is 3. The molecule has 0 saturated carbocycles. The first-order valence-corrected chi connectivity index (χ1v) is 14.6. The third-order valence-corrected chi connectivity index (χ3v) is 8.19. The van der Waals surface area contributed by atoms with Crippen molar-refractivity contribution in [2.24, 2.45) is 0 Å². The van der Waals surface area contributed by atoms with E-state index in [1.807, 2.05) is 19.9 Å². The van der Waals surface area contributed by atoms with Crippen LogP contribution in [0, 0.1) is 20.8 Å². The minimum atomic E-state index is -1.29. The molecule has 1 aliphatic rings. The number of aromatic hydroxyl groups is 3. The predicted molar refractivity (Wildman–Crippen MR) is 165 cm³/mol. The van der Waals surface area contributed by atoms with Crippen molar-refractivity contribution >= 4 is 5.97 Å². The van der Waals surface area contributed by atoms with Gasteiger partial charge in [0.25, 0.3) is 0 Å². The van der Waals surface area contributed by atoms with Gasteiger partial charge in [0, 0.05) is 11.1 Å². The van der Waals surface area contributed by atoms with Crippen molar-refractivity contribution in [2.45, 2.75) is 106 Å². The third kappa shape index (κ3) is 7.55. The van der Waals surface area contributed by atoms with Crippen molar-refractivity contribution in [1.82, 2.24) is 0 Å². The van der Waals surface area contributed by atoms with Gasteiger partial charge in [-0.25, -0.2) is 4.79 Å². The zero-order chi connectivity index (χ0) is 30.4. The van der Waals surface area contributed by atoms with E-state index in [-0.39, 0.29) is 22.8 Å². The van der Waals surface area contributed by atoms with E-state index >= 15 is 0 Å². The summed E-state index contributed by atoms with van der Waals surface area (Å²) in [6.45, 7) is 13.9. The number of allylic oxidation sites excluding steroid dienone is 6. The minimum Gasteiger partial charge on any atom is -0.504 e. The molecule has 0 radical (unpaired) electrons. The van der Waals surface area contributed by atoms with E-state index in [4.69, 9.17) is 4.74 Å². The first-order chi connectivity index (χ1) is 19.3. The number of aryl methyl sites for hydroxylation is 1. The van der Waals surface area contributed by atoms with Gasteiger partial charge in [0.1, 0.15) is 5.75 Å². The molecule has 0 saturated heterocycles. The Labute approximate surface area is 244 Å². The maximum atomic E-state index is 12.1. The molecule has 1 atom stereocenters. The van der Waals surface area contributed by atoms with Gasteiger partial charge >= 0.3 is 5.97 Å². The zero-order valence-electron chi connectivity index (χ0n) is 25.6. The molecule has 1 heterocycles. The van der Waals surface area contributed by atoms with Gasteiger partial charge in [-0.3, -0.25) is 0 Å². The second-order valence-electron chi connectivity index (χ2n) is 11.7. The Balaban J connectivity index is 1.70. The number of phenols is 3. The predicted octanol–water partition coefficient (Wildman–Crippen LogP) is 8.99. The number of carbonyl (C=O) groups is 1. The van der Waals surface area contributed by atoms with Crippen molar-refractivity contribution in [1.29, 1.82) is 0 Å². The van der Waals surface area contributed by atoms with E-state index in [0.29, 0.717) is 5.56 Å². The van der Waals surface area contributed by atoms with E-state index < -0.39 is 23.2 Å². The summed E-state index contributed by atoms with van der Waals surface area (Å²) in [5.74, 6) is -2.47. The lowest BCUT2D eigenvalue weighted by molar-refractivity contribution is 0.0696. The Bertz CT molecular complexity index is 1390. The number of rotatable bonds is 11. The fourth-order valence-electron chi connectivity index (χ4n) is 5.53. The van der Waals surface area contributed by atoms with Crippen LogP contribution in [0.3, 0.4) is 0 Å². The number of carboxylic acid groups (broad SMARTS) is 1. The van der Waals surface area contributed by atoms with Crippen LogP contribution in [-0.2, 0) is 6.42 Å². The fraction of sp³-hybridized carbons (Fsp3) is 0.457. The molecule has 0 fully saturated rings. The average molecular weight is 563 g/mol. The number of fused-ring (bicyclic) bond motifs is 1. The van der Waals surface area contributed by atoms with Gasteiger partial charge in [0.15, 0.2) is 11.5 Å². The summed E-state index contributed by atoms with van der Waals surface area (Å²) in [6, 6.07) is 1.85. The molecule has 0 bridgehead atoms. The fourth-order valence-corrected chi connectivity index (χ4v) is 5.53. The van der Waals surface area contributed by atoms with Gasteiger partial charge in [0.05, 0.1) is 11.7 Å². The van der Waals surface area contributed by atoms with E-state index in [0.717, 1.165) is 73.8 Å². The van der Waals surface area contributed by atoms with Crippen molar-refractivity contribution in [3.8, 4) is 34.1 Å². The number of carboxylic acids is 1. The molecule has 6 heteroatoms. The lowest BCUT2D eigenvalue weighted by Gasteiger charge is -2.29. The molecule has 1 aliphatic heterocycles. The number of ether oxygens (including phenoxy) is 1. The SMILES string of the molecule is CC(C)=CCCC(C)=CCCC(C)=CCCC1CCc2cc(-c3c(O)c(O)c(O)c(C)c3C(=O)O)c(C)c(C)c2O1. The average Bonchev–Trinajstić information content (AvgIpc) is 2.91. The van der Waals surface area contributed by atoms with Crippen LogP contribution >= 0.6 is 0 Å². The normalized spacial score (nSPS) is 15.3. The molecule has 6 nitrogen and oxygen atoms in total. The van der Waals surface area contributed by atoms with Gasteiger partial charge in [-0.15, -0.1) is 0 Å². The Morgan fingerprint density at radius 3 is 2.07 bits per heavy atom. The van der Waals surface area contributed by atoms with E-state index in [2.05, 4.69) is 45.9 Å². The van der Waals surface area contributed by atoms with Crippen LogP contribution in [0.4, 0.5) is 0 Å². The van der Waals surface area contributed by atoms with Crippen LogP contribution in [0.1, 0.15) is 105 Å². The molecule has 2 aromatic carbocycles. The zero-order valence-corrected chi connectivity index (χ0v) is 25.6. The molecule has 41 heavy (non-hydrogen) atoms. The van der Waals surface area contributed by atoms with E-state index in [9.17, 15) is 25.2 Å². The molecular formula is C35H46O6. The lowest BCUT2D eigenvalue weighted by Crippen LogP contribution is -2.23. The van der Waals surface area contributed by atoms with Crippen LogP contribution < -0.4 is 4.74 Å². The second kappa shape index (κ2) is 13.8. The van der Waals surface area contributed by atoms with Crippen molar-refractivity contribution < 1.29 is 30.0 Å². The summed E-state index contributed by atoms with van der Waals surface area (Å²) in [7, 11) is 0. The molecule has 1 unspecified atom stereocenters. The third-order valence-electron chi connectivity index (χ3n) is 8.19. The van der Waals surface area contributed by atoms with Crippen LogP contribution in [0.15, 0.2) is 41.0 Å². The summed E-state index contributed by atoms with van der Waals surface area (Å²) in [5, 5.41) is 41.0. The molecule has 2 aromatic rings. The van der Waals surface area contributed by atoms with Crippen LogP contribution in [0.2, 0.25) is 0 Å². The summed E-state index contributed by atoms with van der Waals surface area (Å²) < 4.78 is 6.45. The van der Waals surface area contributed by atoms with E-state index in [1.54, 1.807) is 0 Å². The summed E-state index contributed by atoms with van der Waals surface area (Å²) in [6.07, 6.45) is 14.9. The number of aromatic carboxylic acids is 1. The van der Waals surface area contributed by atoms with Gasteiger partial charge in [-0.05, 0) is 128 Å². The van der Waals surface area contributed by atoms with Crippen molar-refractivity contribution in [3.63, 3.8) is 0 Å². The summed E-state index contributed by atoms with van der Waals surface area (Å²) >= 11 is 0. The maximum absolute atomic E-state index is 12.1. The molecule has 0 amide bonds. The molecule has 0 aliphatic carbocycles. The highest BCUT2D eigenvalue weighted by atomic mass is 16.5. The number of benzene rings is 2. The first-order valence-electron chi connectivity index (χ1n) is 14.6. The second-order valence-corrected chi connectivity index (χ2v) is 11.7. The van der Waals surface area contributed by atoms with Gasteiger partial charge in [0.2, 0.25) is 5.75 Å². The Kier molecular flexibility index (Phi) is 10.7. The van der Waals surface area contributed by atoms with Crippen molar-refractivity contribution in [3.05, 3.63) is 68.8 Å². The van der Waals surface area contributed by atoms with Crippen molar-refractivity contribution in [2.75, 3.05) is 0 Å². The highest BCUT2D eigenvalue weighted by Crippen LogP contribution is 2.50. The minimum absolute atomic E-state index is 0.00265. The molecule has 222 valence electrons.